The molecule has 3 heterocycles. The number of carbonyl (C=O) groups is 1. The van der Waals surface area contributed by atoms with E-state index in [0.29, 0.717) is 5.56 Å². The fourth-order valence-corrected chi connectivity index (χ4v) is 4.05. The Morgan fingerprint density at radius 3 is 2.96 bits per heavy atom. The van der Waals surface area contributed by atoms with Gasteiger partial charge in [0.1, 0.15) is 0 Å². The van der Waals surface area contributed by atoms with Crippen LogP contribution in [0.15, 0.2) is 42.7 Å². The van der Waals surface area contributed by atoms with E-state index in [2.05, 4.69) is 4.98 Å². The first-order chi connectivity index (χ1) is 11.3. The second kappa shape index (κ2) is 5.79. The normalized spacial score (nSPS) is 18.0. The molecule has 0 spiro atoms. The maximum atomic E-state index is 12.7. The van der Waals surface area contributed by atoms with Crippen LogP contribution in [-0.2, 0) is 0 Å². The zero-order valence-corrected chi connectivity index (χ0v) is 13.4. The molecule has 1 atom stereocenters. The number of hydrogen-bond donors (Lipinski definition) is 1. The first-order valence-corrected chi connectivity index (χ1v) is 8.53. The van der Waals surface area contributed by atoms with E-state index >= 15 is 0 Å². The third kappa shape index (κ3) is 2.54. The number of amides is 1. The lowest BCUT2D eigenvalue weighted by atomic mass is 10.1. The Labute approximate surface area is 137 Å². The van der Waals surface area contributed by atoms with E-state index < -0.39 is 0 Å². The maximum Gasteiger partial charge on any atom is 0.254 e. The van der Waals surface area contributed by atoms with Crippen LogP contribution in [0.2, 0.25) is 0 Å². The Hall–Kier alpha value is -2.18. The quantitative estimate of drug-likeness (QED) is 0.804. The van der Waals surface area contributed by atoms with Gasteiger partial charge in [0.05, 0.1) is 22.9 Å². The second-order valence-corrected chi connectivity index (χ2v) is 6.76. The molecule has 4 rings (SSSR count). The summed E-state index contributed by atoms with van der Waals surface area (Å²) in [5.74, 6) is -0.000589. The zero-order valence-electron chi connectivity index (χ0n) is 12.6. The standard InChI is InChI=1S/C17H17N3O2S/c21-11-13-4-3-9-20(13)16(22)12-5-6-14-15(10-12)23-17(18-14)19-7-1-2-8-19/h1-2,5-8,10,13,21H,3-4,9,11H2. The van der Waals surface area contributed by atoms with Gasteiger partial charge in [-0.25, -0.2) is 4.98 Å². The van der Waals surface area contributed by atoms with E-state index in [4.69, 9.17) is 0 Å². The van der Waals surface area contributed by atoms with E-state index in [1.54, 1.807) is 16.2 Å². The number of rotatable bonds is 3. The van der Waals surface area contributed by atoms with Crippen molar-refractivity contribution in [2.24, 2.45) is 0 Å². The van der Waals surface area contributed by atoms with Gasteiger partial charge in [0.25, 0.3) is 5.91 Å². The van der Waals surface area contributed by atoms with Gasteiger partial charge in [0.2, 0.25) is 0 Å². The van der Waals surface area contributed by atoms with Crippen LogP contribution in [0.3, 0.4) is 0 Å². The Balaban J connectivity index is 1.67. The molecule has 5 nitrogen and oxygen atoms in total. The molecule has 0 bridgehead atoms. The summed E-state index contributed by atoms with van der Waals surface area (Å²) in [4.78, 5) is 19.1. The molecule has 1 saturated heterocycles. The summed E-state index contributed by atoms with van der Waals surface area (Å²) in [6.45, 7) is 0.756. The van der Waals surface area contributed by atoms with Gasteiger partial charge in [0, 0.05) is 24.5 Å². The number of hydrogen-bond acceptors (Lipinski definition) is 4. The SMILES string of the molecule is O=C(c1ccc2nc(-n3cccc3)sc2c1)N1CCCC1CO. The van der Waals surface area contributed by atoms with Crippen LogP contribution < -0.4 is 0 Å². The van der Waals surface area contributed by atoms with Crippen molar-refractivity contribution in [1.82, 2.24) is 14.5 Å². The van der Waals surface area contributed by atoms with Crippen LogP contribution >= 0.6 is 11.3 Å². The van der Waals surface area contributed by atoms with E-state index in [9.17, 15) is 9.90 Å². The summed E-state index contributed by atoms with van der Waals surface area (Å²) in [6, 6.07) is 9.52. The molecule has 2 aromatic heterocycles. The number of thiazole rings is 1. The summed E-state index contributed by atoms with van der Waals surface area (Å²) in [5, 5.41) is 10.3. The summed E-state index contributed by atoms with van der Waals surface area (Å²) in [6.07, 6.45) is 5.75. The first kappa shape index (κ1) is 14.4. The van der Waals surface area contributed by atoms with Crippen molar-refractivity contribution in [3.8, 4) is 5.13 Å². The molecule has 1 aliphatic rings. The van der Waals surface area contributed by atoms with Crippen molar-refractivity contribution in [1.29, 1.82) is 0 Å². The van der Waals surface area contributed by atoms with Crippen molar-refractivity contribution in [2.45, 2.75) is 18.9 Å². The molecular weight excluding hydrogens is 310 g/mol. The average Bonchev–Trinajstić information content (AvgIpc) is 3.31. The van der Waals surface area contributed by atoms with Crippen molar-refractivity contribution < 1.29 is 9.90 Å². The number of aliphatic hydroxyl groups excluding tert-OH is 1. The van der Waals surface area contributed by atoms with Crippen LogP contribution in [0.4, 0.5) is 0 Å². The summed E-state index contributed by atoms with van der Waals surface area (Å²) < 4.78 is 2.97. The van der Waals surface area contributed by atoms with Crippen LogP contribution in [0.1, 0.15) is 23.2 Å². The third-order valence-electron chi connectivity index (χ3n) is 4.30. The van der Waals surface area contributed by atoms with Crippen LogP contribution in [0.25, 0.3) is 15.3 Å². The van der Waals surface area contributed by atoms with Gasteiger partial charge >= 0.3 is 0 Å². The van der Waals surface area contributed by atoms with Gasteiger partial charge in [-0.05, 0) is 43.2 Å². The molecule has 0 aliphatic carbocycles. The Kier molecular flexibility index (Phi) is 3.63. The van der Waals surface area contributed by atoms with Crippen molar-refractivity contribution in [3.05, 3.63) is 48.3 Å². The zero-order chi connectivity index (χ0) is 15.8. The lowest BCUT2D eigenvalue weighted by molar-refractivity contribution is 0.0678. The molecule has 0 saturated carbocycles. The van der Waals surface area contributed by atoms with E-state index in [0.717, 1.165) is 34.7 Å². The third-order valence-corrected chi connectivity index (χ3v) is 5.33. The smallest absolute Gasteiger partial charge is 0.254 e. The fraction of sp³-hybridized carbons (Fsp3) is 0.294. The van der Waals surface area contributed by atoms with Gasteiger partial charge in [0.15, 0.2) is 5.13 Å². The number of likely N-dealkylation sites (tertiary alicyclic amines) is 1. The molecule has 3 aromatic rings. The molecule has 23 heavy (non-hydrogen) atoms. The predicted octanol–water partition coefficient (Wildman–Crippen LogP) is 2.68. The lowest BCUT2D eigenvalue weighted by Gasteiger charge is -2.23. The molecule has 1 aromatic carbocycles. The topological polar surface area (TPSA) is 58.4 Å². The predicted molar refractivity (Wildman–Crippen MR) is 90.1 cm³/mol. The van der Waals surface area contributed by atoms with E-state index in [-0.39, 0.29) is 18.6 Å². The highest BCUT2D eigenvalue weighted by atomic mass is 32.1. The number of carbonyl (C=O) groups excluding carboxylic acids is 1. The average molecular weight is 327 g/mol. The van der Waals surface area contributed by atoms with E-state index in [1.807, 2.05) is 47.3 Å². The van der Waals surface area contributed by atoms with Gasteiger partial charge in [-0.1, -0.05) is 11.3 Å². The molecule has 118 valence electrons. The van der Waals surface area contributed by atoms with Crippen LogP contribution in [0, 0.1) is 0 Å². The van der Waals surface area contributed by atoms with Crippen LogP contribution in [0.5, 0.6) is 0 Å². The van der Waals surface area contributed by atoms with Gasteiger partial charge in [-0.15, -0.1) is 0 Å². The Morgan fingerprint density at radius 2 is 2.17 bits per heavy atom. The highest BCUT2D eigenvalue weighted by molar-refractivity contribution is 7.20. The fourth-order valence-electron chi connectivity index (χ4n) is 3.08. The maximum absolute atomic E-state index is 12.7. The molecule has 1 unspecified atom stereocenters. The molecule has 1 fully saturated rings. The Morgan fingerprint density at radius 1 is 1.35 bits per heavy atom. The number of aromatic nitrogens is 2. The minimum Gasteiger partial charge on any atom is -0.394 e. The molecule has 1 N–H and O–H groups in total. The highest BCUT2D eigenvalue weighted by Gasteiger charge is 2.28. The molecule has 0 radical (unpaired) electrons. The number of benzene rings is 1. The van der Waals surface area contributed by atoms with Gasteiger partial charge in [-0.2, -0.15) is 0 Å². The highest BCUT2D eigenvalue weighted by Crippen LogP contribution is 2.27. The van der Waals surface area contributed by atoms with Gasteiger partial charge in [-0.3, -0.25) is 4.79 Å². The summed E-state index contributed by atoms with van der Waals surface area (Å²) in [5.41, 5.74) is 1.57. The minimum atomic E-state index is -0.0462. The number of nitrogens with zero attached hydrogens (tertiary/aromatic N) is 3. The second-order valence-electron chi connectivity index (χ2n) is 5.75. The monoisotopic (exact) mass is 327 g/mol. The molecule has 1 aliphatic heterocycles. The van der Waals surface area contributed by atoms with Crippen molar-refractivity contribution in [3.63, 3.8) is 0 Å². The first-order valence-electron chi connectivity index (χ1n) is 7.72. The summed E-state index contributed by atoms with van der Waals surface area (Å²) in [7, 11) is 0. The molecule has 6 heteroatoms. The minimum absolute atomic E-state index is 0.000589. The van der Waals surface area contributed by atoms with Crippen molar-refractivity contribution >= 4 is 27.5 Å². The Bertz CT molecular complexity index is 841. The van der Waals surface area contributed by atoms with E-state index in [1.165, 1.54) is 0 Å². The summed E-state index contributed by atoms with van der Waals surface area (Å²) >= 11 is 1.57. The lowest BCUT2D eigenvalue weighted by Crippen LogP contribution is -2.37. The molecule has 1 amide bonds. The molecular formula is C17H17N3O2S. The van der Waals surface area contributed by atoms with Gasteiger partial charge < -0.3 is 14.6 Å². The number of aliphatic hydroxyl groups is 1. The largest absolute Gasteiger partial charge is 0.394 e. The van der Waals surface area contributed by atoms with Crippen LogP contribution in [-0.4, -0.2) is 44.7 Å². The number of fused-ring (bicyclic) bond motifs is 1. The van der Waals surface area contributed by atoms with Crippen molar-refractivity contribution in [2.75, 3.05) is 13.2 Å².